The quantitative estimate of drug-likeness (QED) is 0.748. The summed E-state index contributed by atoms with van der Waals surface area (Å²) in [5.74, 6) is 0.0401. The maximum absolute atomic E-state index is 12.4. The van der Waals surface area contributed by atoms with E-state index in [4.69, 9.17) is 16.9 Å². The zero-order valence-corrected chi connectivity index (χ0v) is 8.85. The van der Waals surface area contributed by atoms with Crippen molar-refractivity contribution < 1.29 is 8.78 Å². The van der Waals surface area contributed by atoms with Gasteiger partial charge in [0.15, 0.2) is 0 Å². The highest BCUT2D eigenvalue weighted by Crippen LogP contribution is 2.22. The number of hydrogen-bond acceptors (Lipinski definition) is 2. The minimum atomic E-state index is -2.61. The van der Waals surface area contributed by atoms with E-state index in [9.17, 15) is 8.78 Å². The average Bonchev–Trinajstić information content (AvgIpc) is 2.20. The molecule has 0 aromatic carbocycles. The number of pyridine rings is 1. The van der Waals surface area contributed by atoms with E-state index in [1.54, 1.807) is 6.92 Å². The van der Waals surface area contributed by atoms with Crippen LogP contribution in [-0.4, -0.2) is 4.98 Å². The lowest BCUT2D eigenvalue weighted by atomic mass is 10.0. The van der Waals surface area contributed by atoms with Gasteiger partial charge in [0, 0.05) is 0 Å². The Morgan fingerprint density at radius 3 is 2.73 bits per heavy atom. The SMILES string of the molecule is Cc1cc(C(F)F)nc(CCl)c1CC#N. The van der Waals surface area contributed by atoms with Crippen molar-refractivity contribution in [2.45, 2.75) is 25.7 Å². The Bertz CT molecular complexity index is 399. The smallest absolute Gasteiger partial charge is 0.250 e. The van der Waals surface area contributed by atoms with Crippen LogP contribution in [-0.2, 0) is 12.3 Å². The fourth-order valence-electron chi connectivity index (χ4n) is 1.33. The summed E-state index contributed by atoms with van der Waals surface area (Å²) in [4.78, 5) is 3.74. The van der Waals surface area contributed by atoms with Gasteiger partial charge in [-0.1, -0.05) is 0 Å². The fourth-order valence-corrected chi connectivity index (χ4v) is 1.56. The molecule has 0 aliphatic rings. The summed E-state index contributed by atoms with van der Waals surface area (Å²) in [7, 11) is 0. The van der Waals surface area contributed by atoms with E-state index >= 15 is 0 Å². The highest BCUT2D eigenvalue weighted by atomic mass is 35.5. The molecule has 0 saturated heterocycles. The van der Waals surface area contributed by atoms with Crippen LogP contribution in [0.1, 0.15) is 28.9 Å². The Morgan fingerprint density at radius 2 is 2.27 bits per heavy atom. The van der Waals surface area contributed by atoms with Crippen molar-refractivity contribution in [3.63, 3.8) is 0 Å². The van der Waals surface area contributed by atoms with Crippen LogP contribution < -0.4 is 0 Å². The zero-order valence-electron chi connectivity index (χ0n) is 8.10. The maximum atomic E-state index is 12.4. The second-order valence-electron chi connectivity index (χ2n) is 3.06. The molecule has 15 heavy (non-hydrogen) atoms. The van der Waals surface area contributed by atoms with Crippen molar-refractivity contribution in [3.05, 3.63) is 28.6 Å². The van der Waals surface area contributed by atoms with E-state index in [1.165, 1.54) is 6.07 Å². The number of aryl methyl sites for hydroxylation is 1. The molecule has 0 bridgehead atoms. The monoisotopic (exact) mass is 230 g/mol. The summed E-state index contributed by atoms with van der Waals surface area (Å²) in [6, 6.07) is 3.26. The van der Waals surface area contributed by atoms with Gasteiger partial charge in [-0.15, -0.1) is 11.6 Å². The first kappa shape index (κ1) is 11.9. The molecule has 0 unspecified atom stereocenters. The van der Waals surface area contributed by atoms with Crippen LogP contribution in [0, 0.1) is 18.3 Å². The van der Waals surface area contributed by atoms with E-state index in [2.05, 4.69) is 4.98 Å². The van der Waals surface area contributed by atoms with Gasteiger partial charge in [-0.25, -0.2) is 8.78 Å². The van der Waals surface area contributed by atoms with Gasteiger partial charge in [-0.2, -0.15) is 5.26 Å². The Kier molecular flexibility index (Phi) is 3.98. The second kappa shape index (κ2) is 5.04. The van der Waals surface area contributed by atoms with Gasteiger partial charge in [-0.3, -0.25) is 4.98 Å². The molecule has 0 radical (unpaired) electrons. The third kappa shape index (κ3) is 2.63. The molecule has 0 amide bonds. The molecule has 1 aromatic heterocycles. The minimum absolute atomic E-state index is 0.0401. The number of nitriles is 1. The third-order valence-electron chi connectivity index (χ3n) is 2.06. The number of rotatable bonds is 3. The average molecular weight is 231 g/mol. The lowest BCUT2D eigenvalue weighted by Crippen LogP contribution is -2.03. The van der Waals surface area contributed by atoms with Crippen molar-refractivity contribution in [1.82, 2.24) is 4.98 Å². The van der Waals surface area contributed by atoms with Crippen LogP contribution in [0.2, 0.25) is 0 Å². The van der Waals surface area contributed by atoms with Gasteiger partial charge in [0.2, 0.25) is 0 Å². The van der Waals surface area contributed by atoms with Crippen molar-refractivity contribution >= 4 is 11.6 Å². The second-order valence-corrected chi connectivity index (χ2v) is 3.33. The molecule has 0 atom stereocenters. The predicted octanol–water partition coefficient (Wildman–Crippen LogP) is 3.13. The third-order valence-corrected chi connectivity index (χ3v) is 2.31. The van der Waals surface area contributed by atoms with Crippen molar-refractivity contribution in [2.75, 3.05) is 0 Å². The standard InChI is InChI=1S/C10H9ClF2N2/c1-6-4-8(10(12)13)15-9(5-11)7(6)2-3-14/h4,10H,2,5H2,1H3. The molecule has 0 N–H and O–H groups in total. The maximum Gasteiger partial charge on any atom is 0.280 e. The largest absolute Gasteiger partial charge is 0.280 e. The van der Waals surface area contributed by atoms with E-state index in [-0.39, 0.29) is 18.0 Å². The first-order chi connectivity index (χ1) is 7.10. The molecular formula is C10H9ClF2N2. The van der Waals surface area contributed by atoms with Gasteiger partial charge in [0.25, 0.3) is 6.43 Å². The molecule has 5 heteroatoms. The summed E-state index contributed by atoms with van der Waals surface area (Å²) < 4.78 is 24.8. The summed E-state index contributed by atoms with van der Waals surface area (Å²) in [5.41, 5.74) is 1.37. The molecule has 0 spiro atoms. The number of aromatic nitrogens is 1. The van der Waals surface area contributed by atoms with Crippen molar-refractivity contribution in [2.24, 2.45) is 0 Å². The van der Waals surface area contributed by atoms with Gasteiger partial charge < -0.3 is 0 Å². The minimum Gasteiger partial charge on any atom is -0.250 e. The number of hydrogen-bond donors (Lipinski definition) is 0. The molecule has 0 saturated carbocycles. The topological polar surface area (TPSA) is 36.7 Å². The van der Waals surface area contributed by atoms with Crippen LogP contribution in [0.3, 0.4) is 0 Å². The normalized spacial score (nSPS) is 10.4. The van der Waals surface area contributed by atoms with Crippen LogP contribution in [0.4, 0.5) is 8.78 Å². The molecule has 1 heterocycles. The van der Waals surface area contributed by atoms with Crippen LogP contribution >= 0.6 is 11.6 Å². The summed E-state index contributed by atoms with van der Waals surface area (Å²) >= 11 is 5.60. The zero-order chi connectivity index (χ0) is 11.4. The number of nitrogens with zero attached hydrogens (tertiary/aromatic N) is 2. The highest BCUT2D eigenvalue weighted by Gasteiger charge is 2.14. The van der Waals surface area contributed by atoms with E-state index < -0.39 is 6.43 Å². The van der Waals surface area contributed by atoms with Crippen LogP contribution in [0.5, 0.6) is 0 Å². The van der Waals surface area contributed by atoms with E-state index in [0.29, 0.717) is 16.8 Å². The van der Waals surface area contributed by atoms with Gasteiger partial charge >= 0.3 is 0 Å². The van der Waals surface area contributed by atoms with Crippen LogP contribution in [0.25, 0.3) is 0 Å². The predicted molar refractivity (Wildman–Crippen MR) is 52.8 cm³/mol. The first-order valence-electron chi connectivity index (χ1n) is 4.30. The Balaban J connectivity index is 3.25. The lowest BCUT2D eigenvalue weighted by Gasteiger charge is -2.09. The van der Waals surface area contributed by atoms with Gasteiger partial charge in [0.05, 0.1) is 24.1 Å². The Labute approximate surface area is 91.5 Å². The molecule has 0 fully saturated rings. The van der Waals surface area contributed by atoms with Crippen LogP contribution in [0.15, 0.2) is 6.07 Å². The summed E-state index contributed by atoms with van der Waals surface area (Å²) in [5, 5.41) is 8.57. The lowest BCUT2D eigenvalue weighted by molar-refractivity contribution is 0.145. The van der Waals surface area contributed by atoms with Crippen molar-refractivity contribution in [1.29, 1.82) is 5.26 Å². The van der Waals surface area contributed by atoms with E-state index in [1.807, 2.05) is 6.07 Å². The number of alkyl halides is 3. The summed E-state index contributed by atoms with van der Waals surface area (Å²) in [6.07, 6.45) is -2.47. The summed E-state index contributed by atoms with van der Waals surface area (Å²) in [6.45, 7) is 1.68. The molecule has 80 valence electrons. The first-order valence-corrected chi connectivity index (χ1v) is 4.84. The van der Waals surface area contributed by atoms with Crippen molar-refractivity contribution in [3.8, 4) is 6.07 Å². The molecule has 1 aromatic rings. The molecule has 2 nitrogen and oxygen atoms in total. The van der Waals surface area contributed by atoms with E-state index in [0.717, 1.165) is 0 Å². The Morgan fingerprint density at radius 1 is 1.60 bits per heavy atom. The van der Waals surface area contributed by atoms with Gasteiger partial charge in [0.1, 0.15) is 5.69 Å². The molecule has 0 aliphatic carbocycles. The Hall–Kier alpha value is -1.21. The van der Waals surface area contributed by atoms with Gasteiger partial charge in [-0.05, 0) is 24.1 Å². The fraction of sp³-hybridized carbons (Fsp3) is 0.400. The highest BCUT2D eigenvalue weighted by molar-refractivity contribution is 6.17. The molecular weight excluding hydrogens is 222 g/mol. The molecule has 1 rings (SSSR count). The molecule has 0 aliphatic heterocycles. The number of halogens is 3.